The Morgan fingerprint density at radius 1 is 1.17 bits per heavy atom. The van der Waals surface area contributed by atoms with Crippen LogP contribution in [-0.2, 0) is 18.3 Å². The summed E-state index contributed by atoms with van der Waals surface area (Å²) in [4.78, 5) is 26.7. The minimum atomic E-state index is -1.35. The van der Waals surface area contributed by atoms with Gasteiger partial charge >= 0.3 is 5.97 Å². The quantitative estimate of drug-likeness (QED) is 0.693. The number of β-amino-alcohol motifs (C(OH)–C–C–N with tert-alkyl or cyclic N) is 1. The standard InChI is InChI=1S/C23H23FN2O4/c1-25-18-8-7-17(24)11-16(18)12-19(25)21(28)26-10-9-23(22(29)30,20(27)14-26)13-15-5-3-2-4-6-15/h2-8,11-12,20,27H,9-10,13-14H2,1H3,(H,29,30)/t20-,23-/m1/s1. The van der Waals surface area contributed by atoms with Gasteiger partial charge in [0.15, 0.2) is 0 Å². The zero-order valence-corrected chi connectivity index (χ0v) is 16.6. The summed E-state index contributed by atoms with van der Waals surface area (Å²) in [5.41, 5.74) is 0.574. The van der Waals surface area contributed by atoms with E-state index < -0.39 is 17.5 Å². The first-order valence-corrected chi connectivity index (χ1v) is 9.81. The molecule has 0 aliphatic carbocycles. The number of rotatable bonds is 4. The highest BCUT2D eigenvalue weighted by atomic mass is 19.1. The number of aryl methyl sites for hydroxylation is 1. The van der Waals surface area contributed by atoms with E-state index in [0.717, 1.165) is 11.1 Å². The highest BCUT2D eigenvalue weighted by Gasteiger charge is 2.49. The van der Waals surface area contributed by atoms with Gasteiger partial charge in [-0.2, -0.15) is 0 Å². The molecule has 0 spiro atoms. The Hall–Kier alpha value is -3.19. The third-order valence-electron chi connectivity index (χ3n) is 6.16. The molecule has 2 atom stereocenters. The summed E-state index contributed by atoms with van der Waals surface area (Å²) in [5, 5.41) is 21.4. The van der Waals surface area contributed by atoms with Crippen LogP contribution in [0.1, 0.15) is 22.5 Å². The first-order chi connectivity index (χ1) is 14.3. The maximum atomic E-state index is 13.5. The number of amides is 1. The summed E-state index contributed by atoms with van der Waals surface area (Å²) in [6, 6.07) is 15.1. The second-order valence-electron chi connectivity index (χ2n) is 7.93. The fourth-order valence-electron chi connectivity index (χ4n) is 4.34. The van der Waals surface area contributed by atoms with E-state index in [-0.39, 0.29) is 37.7 Å². The van der Waals surface area contributed by atoms with Gasteiger partial charge in [0.1, 0.15) is 16.9 Å². The van der Waals surface area contributed by atoms with Crippen molar-refractivity contribution in [2.75, 3.05) is 13.1 Å². The molecule has 2 aromatic carbocycles. The van der Waals surface area contributed by atoms with Crippen molar-refractivity contribution in [1.29, 1.82) is 0 Å². The van der Waals surface area contributed by atoms with Crippen LogP contribution in [0.2, 0.25) is 0 Å². The second-order valence-corrected chi connectivity index (χ2v) is 7.93. The smallest absolute Gasteiger partial charge is 0.312 e. The normalized spacial score (nSPS) is 21.7. The van der Waals surface area contributed by atoms with Crippen molar-refractivity contribution in [3.05, 3.63) is 71.7 Å². The summed E-state index contributed by atoms with van der Waals surface area (Å²) in [6.45, 7) is 0.138. The highest BCUT2D eigenvalue weighted by Crippen LogP contribution is 2.36. The zero-order valence-electron chi connectivity index (χ0n) is 16.6. The average molecular weight is 410 g/mol. The number of nitrogens with zero attached hydrogens (tertiary/aromatic N) is 2. The number of aliphatic hydroxyl groups is 1. The lowest BCUT2D eigenvalue weighted by Gasteiger charge is -2.42. The first-order valence-electron chi connectivity index (χ1n) is 9.81. The third kappa shape index (κ3) is 3.35. The molecule has 1 aliphatic rings. The molecule has 7 heteroatoms. The predicted molar refractivity (Wildman–Crippen MR) is 110 cm³/mol. The fraction of sp³-hybridized carbons (Fsp3) is 0.304. The van der Waals surface area contributed by atoms with Crippen molar-refractivity contribution in [3.8, 4) is 0 Å². The molecular formula is C23H23FN2O4. The van der Waals surface area contributed by atoms with Gasteiger partial charge in [0.05, 0.1) is 6.10 Å². The molecule has 1 aromatic heterocycles. The molecule has 1 fully saturated rings. The van der Waals surface area contributed by atoms with E-state index in [1.165, 1.54) is 17.0 Å². The monoisotopic (exact) mass is 410 g/mol. The van der Waals surface area contributed by atoms with E-state index in [2.05, 4.69) is 0 Å². The van der Waals surface area contributed by atoms with Crippen LogP contribution in [0.4, 0.5) is 4.39 Å². The summed E-state index contributed by atoms with van der Waals surface area (Å²) in [7, 11) is 1.73. The minimum absolute atomic E-state index is 0.0755. The lowest BCUT2D eigenvalue weighted by atomic mass is 9.71. The number of piperidine rings is 1. The molecule has 30 heavy (non-hydrogen) atoms. The molecule has 2 heterocycles. The summed E-state index contributed by atoms with van der Waals surface area (Å²) >= 11 is 0. The summed E-state index contributed by atoms with van der Waals surface area (Å²) in [5.74, 6) is -1.76. The Morgan fingerprint density at radius 2 is 1.90 bits per heavy atom. The number of hydrogen-bond acceptors (Lipinski definition) is 3. The molecule has 6 nitrogen and oxygen atoms in total. The number of aliphatic carboxylic acids is 1. The molecule has 2 N–H and O–H groups in total. The van der Waals surface area contributed by atoms with Crippen LogP contribution in [0.5, 0.6) is 0 Å². The first kappa shape index (κ1) is 20.1. The largest absolute Gasteiger partial charge is 0.481 e. The van der Waals surface area contributed by atoms with Crippen molar-refractivity contribution in [2.45, 2.75) is 18.9 Å². The van der Waals surface area contributed by atoms with Gasteiger partial charge in [-0.25, -0.2) is 4.39 Å². The molecule has 1 amide bonds. The van der Waals surface area contributed by atoms with Gasteiger partial charge in [-0.1, -0.05) is 30.3 Å². The molecule has 4 rings (SSSR count). The number of likely N-dealkylation sites (tertiary alicyclic amines) is 1. The van der Waals surface area contributed by atoms with E-state index >= 15 is 0 Å². The van der Waals surface area contributed by atoms with Crippen molar-refractivity contribution >= 4 is 22.8 Å². The molecule has 0 bridgehead atoms. The van der Waals surface area contributed by atoms with Crippen molar-refractivity contribution < 1.29 is 24.2 Å². The van der Waals surface area contributed by atoms with Crippen molar-refractivity contribution in [1.82, 2.24) is 9.47 Å². The van der Waals surface area contributed by atoms with Gasteiger partial charge in [-0.15, -0.1) is 0 Å². The van der Waals surface area contributed by atoms with Crippen LogP contribution < -0.4 is 0 Å². The van der Waals surface area contributed by atoms with E-state index in [1.54, 1.807) is 23.7 Å². The number of hydrogen-bond donors (Lipinski definition) is 2. The zero-order chi connectivity index (χ0) is 21.5. The van der Waals surface area contributed by atoms with Crippen LogP contribution in [-0.4, -0.2) is 50.8 Å². The molecule has 0 unspecified atom stereocenters. The topological polar surface area (TPSA) is 82.8 Å². The predicted octanol–water partition coefficient (Wildman–Crippen LogP) is 2.84. The number of aliphatic hydroxyl groups excluding tert-OH is 1. The molecule has 1 aliphatic heterocycles. The maximum Gasteiger partial charge on any atom is 0.312 e. The lowest BCUT2D eigenvalue weighted by Crippen LogP contribution is -2.57. The average Bonchev–Trinajstić information content (AvgIpc) is 3.05. The Morgan fingerprint density at radius 3 is 2.57 bits per heavy atom. The number of fused-ring (bicyclic) bond motifs is 1. The van der Waals surface area contributed by atoms with Crippen LogP contribution in [0.3, 0.4) is 0 Å². The number of halogens is 1. The second kappa shape index (κ2) is 7.57. The molecule has 1 saturated heterocycles. The summed E-state index contributed by atoms with van der Waals surface area (Å²) < 4.78 is 15.2. The number of carboxylic acids is 1. The molecule has 0 saturated carbocycles. The molecular weight excluding hydrogens is 387 g/mol. The lowest BCUT2D eigenvalue weighted by molar-refractivity contribution is -0.161. The van der Waals surface area contributed by atoms with Gasteiger partial charge in [0, 0.05) is 31.0 Å². The fourth-order valence-corrected chi connectivity index (χ4v) is 4.34. The van der Waals surface area contributed by atoms with Crippen LogP contribution in [0.15, 0.2) is 54.6 Å². The van der Waals surface area contributed by atoms with E-state index in [0.29, 0.717) is 11.1 Å². The van der Waals surface area contributed by atoms with Crippen molar-refractivity contribution in [2.24, 2.45) is 12.5 Å². The highest BCUT2D eigenvalue weighted by molar-refractivity contribution is 5.99. The SMILES string of the molecule is Cn1c(C(=O)N2CC[C@](Cc3ccccc3)(C(=O)O)[C@H](O)C2)cc2cc(F)ccc21. The van der Waals surface area contributed by atoms with Crippen LogP contribution >= 0.6 is 0 Å². The van der Waals surface area contributed by atoms with Crippen LogP contribution in [0, 0.1) is 11.2 Å². The Kier molecular flexibility index (Phi) is 5.07. The number of carbonyl (C=O) groups is 2. The van der Waals surface area contributed by atoms with E-state index in [1.807, 2.05) is 30.3 Å². The molecule has 3 aromatic rings. The number of aromatic nitrogens is 1. The summed E-state index contributed by atoms with van der Waals surface area (Å²) in [6.07, 6.45) is -0.873. The van der Waals surface area contributed by atoms with Gasteiger partial charge < -0.3 is 19.7 Å². The molecule has 156 valence electrons. The maximum absolute atomic E-state index is 13.5. The van der Waals surface area contributed by atoms with Gasteiger partial charge in [0.25, 0.3) is 5.91 Å². The van der Waals surface area contributed by atoms with Crippen LogP contribution in [0.25, 0.3) is 10.9 Å². The Bertz CT molecular complexity index is 1110. The minimum Gasteiger partial charge on any atom is -0.481 e. The number of benzene rings is 2. The Labute approximate surface area is 173 Å². The Balaban J connectivity index is 1.58. The van der Waals surface area contributed by atoms with Gasteiger partial charge in [-0.05, 0) is 42.7 Å². The van der Waals surface area contributed by atoms with Gasteiger partial charge in [-0.3, -0.25) is 9.59 Å². The number of carbonyl (C=O) groups excluding carboxylic acids is 1. The molecule has 0 radical (unpaired) electrons. The van der Waals surface area contributed by atoms with Gasteiger partial charge in [0.2, 0.25) is 0 Å². The van der Waals surface area contributed by atoms with E-state index in [9.17, 15) is 24.2 Å². The van der Waals surface area contributed by atoms with Crippen molar-refractivity contribution in [3.63, 3.8) is 0 Å². The van der Waals surface area contributed by atoms with E-state index in [4.69, 9.17) is 0 Å². The number of carboxylic acid groups (broad SMARTS) is 1. The third-order valence-corrected chi connectivity index (χ3v) is 6.16.